The molecule has 41 valence electrons. The van der Waals surface area contributed by atoms with Crippen molar-refractivity contribution in [3.8, 4) is 0 Å². The summed E-state index contributed by atoms with van der Waals surface area (Å²) in [7, 11) is 0. The molecule has 0 aromatic heterocycles. The Morgan fingerprint density at radius 1 is 1.62 bits per heavy atom. The number of rotatable bonds is 0. The van der Waals surface area contributed by atoms with Crippen LogP contribution in [0.1, 0.15) is 6.42 Å². The summed E-state index contributed by atoms with van der Waals surface area (Å²) in [5.74, 6) is 0. The molecule has 0 nitrogen and oxygen atoms in total. The topological polar surface area (TPSA) is 0 Å². The molecular weight excluding hydrogens is 345 g/mol. The van der Waals surface area contributed by atoms with Crippen molar-refractivity contribution in [3.05, 3.63) is 30.7 Å². The van der Waals surface area contributed by atoms with E-state index in [-0.39, 0.29) is 53.8 Å². The zero-order chi connectivity index (χ0) is 4.41. The van der Waals surface area contributed by atoms with Gasteiger partial charge in [0.15, 0.2) is 0 Å². The van der Waals surface area contributed by atoms with E-state index in [0.717, 1.165) is 12.0 Å². The molecule has 0 saturated heterocycles. The molecule has 0 bridgehead atoms. The zero-order valence-corrected chi connectivity index (χ0v) is 10.3. The first-order chi connectivity index (χ1) is 2.89. The smallest absolute Gasteiger partial charge is 0 e. The van der Waals surface area contributed by atoms with Gasteiger partial charge in [0.2, 0.25) is 0 Å². The van der Waals surface area contributed by atoms with Crippen molar-refractivity contribution in [2.45, 2.75) is 6.42 Å². The molecule has 0 spiro atoms. The van der Waals surface area contributed by atoms with Crippen LogP contribution in [0.25, 0.3) is 0 Å². The second kappa shape index (κ2) is 6.27. The van der Waals surface area contributed by atoms with Crippen molar-refractivity contribution < 1.29 is 53.8 Å². The first kappa shape index (κ1) is 11.9. The van der Waals surface area contributed by atoms with Crippen LogP contribution in [-0.2, 0) is 53.8 Å². The van der Waals surface area contributed by atoms with E-state index in [1.807, 2.05) is 12.2 Å². The molecule has 0 aliphatic heterocycles. The Morgan fingerprint density at radius 2 is 2.25 bits per heavy atom. The van der Waals surface area contributed by atoms with Crippen molar-refractivity contribution in [1.29, 1.82) is 0 Å². The number of hydrogen-bond donors (Lipinski definition) is 0. The summed E-state index contributed by atoms with van der Waals surface area (Å²) in [5.41, 5.74) is 1.16. The van der Waals surface area contributed by atoms with E-state index in [1.54, 1.807) is 0 Å². The van der Waals surface area contributed by atoms with E-state index in [2.05, 4.69) is 13.0 Å². The van der Waals surface area contributed by atoms with Gasteiger partial charge >= 0.3 is 0 Å². The van der Waals surface area contributed by atoms with Crippen molar-refractivity contribution in [3.63, 3.8) is 0 Å². The average Bonchev–Trinajstić information content (AvgIpc) is 1.86. The van der Waals surface area contributed by atoms with Crippen LogP contribution in [0.15, 0.2) is 17.7 Å². The summed E-state index contributed by atoms with van der Waals surface area (Å²) in [6.45, 7) is 3.70. The molecule has 0 fully saturated rings. The Labute approximate surface area is 90.0 Å². The Hall–Kier alpha value is 1.14. The van der Waals surface area contributed by atoms with Crippen LogP contribution >= 0.6 is 0 Å². The van der Waals surface area contributed by atoms with Gasteiger partial charge in [-0.05, 0) is 0 Å². The normalized spacial score (nSPS) is 13.8. The molecule has 2 heteroatoms. The van der Waals surface area contributed by atoms with Gasteiger partial charge < -0.3 is 0 Å². The Morgan fingerprint density at radius 3 is 2.38 bits per heavy atom. The third-order valence-electron chi connectivity index (χ3n) is 0.766. The van der Waals surface area contributed by atoms with Gasteiger partial charge in [-0.25, -0.2) is 24.6 Å². The average molecular weight is 351 g/mol. The molecule has 0 unspecified atom stereocenters. The fourth-order valence-corrected chi connectivity index (χ4v) is 0.426. The standard InChI is InChI=1S/C6H6.W.Y/c1-6-4-2-3-5-6;;/h2,4H,1,5H2;;/q-2;;. The molecule has 0 saturated carbocycles. The molecule has 1 radical (unpaired) electrons. The molecule has 1 aliphatic rings. The summed E-state index contributed by atoms with van der Waals surface area (Å²) in [5, 5.41) is 0. The Kier molecular flexibility index (Phi) is 9.30. The third kappa shape index (κ3) is 4.06. The van der Waals surface area contributed by atoms with Crippen LogP contribution < -0.4 is 0 Å². The minimum atomic E-state index is 0. The van der Waals surface area contributed by atoms with E-state index in [0.29, 0.717) is 0 Å². The number of allylic oxidation sites excluding steroid dienone is 4. The van der Waals surface area contributed by atoms with Gasteiger partial charge in [0.25, 0.3) is 0 Å². The van der Waals surface area contributed by atoms with Gasteiger partial charge in [-0.15, -0.1) is 6.42 Å². The van der Waals surface area contributed by atoms with Gasteiger partial charge in [-0.2, -0.15) is 0 Å². The molecular formula is C6H6WY-2. The quantitative estimate of drug-likeness (QED) is 0.581. The van der Waals surface area contributed by atoms with E-state index < -0.39 is 0 Å². The van der Waals surface area contributed by atoms with Crippen molar-refractivity contribution in [2.24, 2.45) is 0 Å². The minimum Gasteiger partial charge on any atom is -0.274 e. The van der Waals surface area contributed by atoms with Crippen LogP contribution in [0, 0.1) is 13.0 Å². The van der Waals surface area contributed by atoms with Crippen molar-refractivity contribution in [1.82, 2.24) is 0 Å². The molecule has 1 aliphatic carbocycles. The summed E-state index contributed by atoms with van der Waals surface area (Å²) in [4.78, 5) is 0. The van der Waals surface area contributed by atoms with Gasteiger partial charge in [0.05, 0.1) is 0 Å². The third-order valence-corrected chi connectivity index (χ3v) is 0.766. The maximum absolute atomic E-state index is 3.70. The van der Waals surface area contributed by atoms with Crippen LogP contribution in [0.5, 0.6) is 0 Å². The summed E-state index contributed by atoms with van der Waals surface area (Å²) in [6.07, 6.45) is 7.80. The monoisotopic (exact) mass is 351 g/mol. The van der Waals surface area contributed by atoms with Crippen LogP contribution in [-0.4, -0.2) is 0 Å². The Bertz CT molecular complexity index is 105. The van der Waals surface area contributed by atoms with Crippen LogP contribution in [0.2, 0.25) is 0 Å². The molecule has 8 heavy (non-hydrogen) atoms. The maximum atomic E-state index is 3.70. The first-order valence-electron chi connectivity index (χ1n) is 1.97. The Balaban J connectivity index is 0. The molecule has 0 amide bonds. The molecule has 0 atom stereocenters. The van der Waals surface area contributed by atoms with E-state index >= 15 is 0 Å². The van der Waals surface area contributed by atoms with Crippen LogP contribution in [0.3, 0.4) is 0 Å². The largest absolute Gasteiger partial charge is 0.274 e. The minimum absolute atomic E-state index is 0. The van der Waals surface area contributed by atoms with Crippen LogP contribution in [0.4, 0.5) is 0 Å². The second-order valence-corrected chi connectivity index (χ2v) is 1.37. The van der Waals surface area contributed by atoms with Gasteiger partial charge in [0, 0.05) is 53.8 Å². The van der Waals surface area contributed by atoms with E-state index in [4.69, 9.17) is 0 Å². The van der Waals surface area contributed by atoms with Crippen molar-refractivity contribution >= 4 is 0 Å². The van der Waals surface area contributed by atoms with E-state index in [1.165, 1.54) is 0 Å². The predicted molar refractivity (Wildman–Crippen MR) is 25.9 cm³/mol. The summed E-state index contributed by atoms with van der Waals surface area (Å²) in [6, 6.07) is 0. The summed E-state index contributed by atoms with van der Waals surface area (Å²) >= 11 is 0. The molecule has 0 heterocycles. The van der Waals surface area contributed by atoms with E-state index in [9.17, 15) is 0 Å². The maximum Gasteiger partial charge on any atom is 0 e. The number of hydrogen-bond acceptors (Lipinski definition) is 0. The first-order valence-corrected chi connectivity index (χ1v) is 1.97. The molecule has 0 aromatic carbocycles. The molecule has 0 N–H and O–H groups in total. The fourth-order valence-electron chi connectivity index (χ4n) is 0.426. The fraction of sp³-hybridized carbons (Fsp3) is 0.167. The zero-order valence-electron chi connectivity index (χ0n) is 4.55. The van der Waals surface area contributed by atoms with Crippen molar-refractivity contribution in [2.75, 3.05) is 0 Å². The second-order valence-electron chi connectivity index (χ2n) is 1.37. The molecule has 0 aromatic rings. The molecule has 1 rings (SSSR count). The summed E-state index contributed by atoms with van der Waals surface area (Å²) < 4.78 is 0. The predicted octanol–water partition coefficient (Wildman–Crippen LogP) is 1.50. The van der Waals surface area contributed by atoms with Gasteiger partial charge in [0.1, 0.15) is 0 Å². The van der Waals surface area contributed by atoms with Gasteiger partial charge in [-0.1, -0.05) is 0 Å². The van der Waals surface area contributed by atoms with Gasteiger partial charge in [-0.3, -0.25) is 6.08 Å². The SMILES string of the molecule is [CH2-]C1=CC=[C-]C1.[W].[Y].